The molecule has 0 radical (unpaired) electrons. The van der Waals surface area contributed by atoms with E-state index in [1.165, 1.54) is 29.2 Å². The van der Waals surface area contributed by atoms with E-state index in [2.05, 4.69) is 15.9 Å². The van der Waals surface area contributed by atoms with E-state index in [0.717, 1.165) is 12.1 Å². The molecule has 2 aromatic carbocycles. The van der Waals surface area contributed by atoms with Crippen LogP contribution in [-0.4, -0.2) is 34.8 Å². The number of rotatable bonds is 1. The number of amides is 1. The number of hydrogen-bond donors (Lipinski definition) is 1. The van der Waals surface area contributed by atoms with E-state index < -0.39 is 40.6 Å². The largest absolute Gasteiger partial charge is 0.444 e. The van der Waals surface area contributed by atoms with Gasteiger partial charge in [0.05, 0.1) is 11.0 Å². The first-order valence-electron chi connectivity index (χ1n) is 9.08. The summed E-state index contributed by atoms with van der Waals surface area (Å²) in [5.74, 6) is -3.76. The first-order chi connectivity index (χ1) is 13.8. The van der Waals surface area contributed by atoms with Crippen LogP contribution in [0.1, 0.15) is 32.8 Å². The summed E-state index contributed by atoms with van der Waals surface area (Å²) in [6.45, 7) is 5.31. The van der Waals surface area contributed by atoms with Gasteiger partial charge in [0.15, 0.2) is 23.3 Å². The van der Waals surface area contributed by atoms with Crippen LogP contribution in [0.3, 0.4) is 0 Å². The second kappa shape index (κ2) is 9.34. The minimum absolute atomic E-state index is 0.123. The highest BCUT2D eigenvalue weighted by atomic mass is 79.9. The van der Waals surface area contributed by atoms with Crippen LogP contribution < -0.4 is 0 Å². The lowest BCUT2D eigenvalue weighted by Crippen LogP contribution is -2.38. The molecule has 2 aromatic rings. The Balaban J connectivity index is 0.000000297. The molecule has 1 aliphatic heterocycles. The summed E-state index contributed by atoms with van der Waals surface area (Å²) in [5.41, 5.74) is -2.38. The lowest BCUT2D eigenvalue weighted by Gasteiger charge is -2.26. The van der Waals surface area contributed by atoms with Crippen LogP contribution in [0.25, 0.3) is 0 Å². The number of halogens is 5. The van der Waals surface area contributed by atoms with E-state index >= 15 is 0 Å². The molecule has 0 spiro atoms. The maximum Gasteiger partial charge on any atom is 0.410 e. The fraction of sp³-hybridized carbons (Fsp3) is 0.381. The molecule has 1 unspecified atom stereocenters. The van der Waals surface area contributed by atoms with Gasteiger partial charge < -0.3 is 14.7 Å². The van der Waals surface area contributed by atoms with Crippen molar-refractivity contribution in [1.29, 1.82) is 0 Å². The number of nitrogens with zero attached hydrogens (tertiary/aromatic N) is 1. The molecule has 9 heteroatoms. The molecule has 1 atom stereocenters. The molecular weight excluding hydrogens is 470 g/mol. The Kier molecular flexibility index (Phi) is 7.52. The lowest BCUT2D eigenvalue weighted by molar-refractivity contribution is 0.0127. The van der Waals surface area contributed by atoms with E-state index in [4.69, 9.17) is 4.74 Å². The number of carbonyl (C=O) groups excluding carboxylic acids is 1. The molecule has 1 amide bonds. The second-order valence-corrected chi connectivity index (χ2v) is 8.67. The third-order valence-electron chi connectivity index (χ3n) is 4.26. The van der Waals surface area contributed by atoms with Crippen LogP contribution >= 0.6 is 15.9 Å². The lowest BCUT2D eigenvalue weighted by atomic mass is 9.92. The van der Waals surface area contributed by atoms with Crippen LogP contribution in [-0.2, 0) is 10.3 Å². The zero-order valence-corrected chi connectivity index (χ0v) is 18.3. The predicted octanol–water partition coefficient (Wildman–Crippen LogP) is 5.52. The van der Waals surface area contributed by atoms with Crippen molar-refractivity contribution in [1.82, 2.24) is 4.90 Å². The van der Waals surface area contributed by atoms with Gasteiger partial charge in [-0.15, -0.1) is 0 Å². The van der Waals surface area contributed by atoms with Crippen LogP contribution in [0.5, 0.6) is 0 Å². The predicted molar refractivity (Wildman–Crippen MR) is 107 cm³/mol. The highest BCUT2D eigenvalue weighted by molar-refractivity contribution is 9.10. The number of hydrogen-bond acceptors (Lipinski definition) is 3. The van der Waals surface area contributed by atoms with Gasteiger partial charge in [-0.3, -0.25) is 0 Å². The normalized spacial score (nSPS) is 18.6. The molecule has 0 aromatic heterocycles. The summed E-state index contributed by atoms with van der Waals surface area (Å²) < 4.78 is 57.0. The molecule has 0 aliphatic carbocycles. The molecular formula is C21H22BrF4NO3. The maximum absolute atomic E-state index is 13.8. The minimum Gasteiger partial charge on any atom is -0.444 e. The Labute approximate surface area is 180 Å². The van der Waals surface area contributed by atoms with Crippen molar-refractivity contribution in [3.8, 4) is 0 Å². The molecule has 1 heterocycles. The van der Waals surface area contributed by atoms with Crippen molar-refractivity contribution in [2.45, 2.75) is 38.4 Å². The molecule has 3 rings (SSSR count). The van der Waals surface area contributed by atoms with Gasteiger partial charge in [0.25, 0.3) is 0 Å². The van der Waals surface area contributed by atoms with Crippen molar-refractivity contribution in [3.05, 3.63) is 69.7 Å². The number of β-amino-alcohol motifs (C(OH)–C–C–N with tert-alkyl or cyclic N) is 1. The summed E-state index contributed by atoms with van der Waals surface area (Å²) in [4.78, 5) is 13.3. The molecule has 1 N–H and O–H groups in total. The van der Waals surface area contributed by atoms with Gasteiger partial charge in [-0.1, -0.05) is 18.2 Å². The first kappa shape index (κ1) is 24.1. The van der Waals surface area contributed by atoms with Gasteiger partial charge in [0.1, 0.15) is 11.2 Å². The van der Waals surface area contributed by atoms with Gasteiger partial charge >= 0.3 is 6.09 Å². The zero-order valence-electron chi connectivity index (χ0n) is 16.7. The van der Waals surface area contributed by atoms with Crippen LogP contribution in [0.15, 0.2) is 40.9 Å². The van der Waals surface area contributed by atoms with Crippen molar-refractivity contribution in [2.24, 2.45) is 0 Å². The Morgan fingerprint density at radius 3 is 2.17 bits per heavy atom. The standard InChI is InChI=1S/C15H19F2NO3.C6H3BrF2/c1-14(2,3)21-13(19)18-8-7-15(20,9-18)10-5-4-6-11(16)12(10)17;7-4-2-1-3-5(8)6(4)9/h4-6,20H,7-9H2,1-3H3;1-3H. The maximum atomic E-state index is 13.8. The topological polar surface area (TPSA) is 49.8 Å². The zero-order chi connectivity index (χ0) is 22.7. The Bertz CT molecular complexity index is 899. The third-order valence-corrected chi connectivity index (χ3v) is 4.87. The number of aliphatic hydroxyl groups is 1. The van der Waals surface area contributed by atoms with Gasteiger partial charge in [-0.2, -0.15) is 0 Å². The number of ether oxygens (including phenoxy) is 1. The van der Waals surface area contributed by atoms with Crippen LogP contribution in [0.4, 0.5) is 22.4 Å². The fourth-order valence-electron chi connectivity index (χ4n) is 2.84. The summed E-state index contributed by atoms with van der Waals surface area (Å²) in [5, 5.41) is 10.5. The summed E-state index contributed by atoms with van der Waals surface area (Å²) in [6.07, 6.45) is -0.442. The number of carbonyl (C=O) groups is 1. The molecule has 0 bridgehead atoms. The van der Waals surface area contributed by atoms with E-state index in [-0.39, 0.29) is 29.5 Å². The van der Waals surface area contributed by atoms with Gasteiger partial charge in [0.2, 0.25) is 0 Å². The van der Waals surface area contributed by atoms with Gasteiger partial charge in [-0.05, 0) is 61.3 Å². The van der Waals surface area contributed by atoms with Gasteiger partial charge in [0, 0.05) is 12.1 Å². The molecule has 30 heavy (non-hydrogen) atoms. The molecule has 0 saturated carbocycles. The Morgan fingerprint density at radius 2 is 1.63 bits per heavy atom. The quantitative estimate of drug-likeness (QED) is 0.422. The number of likely N-dealkylation sites (tertiary alicyclic amines) is 1. The fourth-order valence-corrected chi connectivity index (χ4v) is 3.18. The van der Waals surface area contributed by atoms with E-state index in [1.54, 1.807) is 20.8 Å². The summed E-state index contributed by atoms with van der Waals surface area (Å²) in [7, 11) is 0. The molecule has 164 valence electrons. The Hall–Kier alpha value is -2.13. The molecule has 1 fully saturated rings. The number of benzene rings is 2. The van der Waals surface area contributed by atoms with Crippen molar-refractivity contribution < 1.29 is 32.2 Å². The molecule has 4 nitrogen and oxygen atoms in total. The first-order valence-corrected chi connectivity index (χ1v) is 9.88. The smallest absolute Gasteiger partial charge is 0.410 e. The third kappa shape index (κ3) is 5.95. The van der Waals surface area contributed by atoms with E-state index in [9.17, 15) is 27.5 Å². The van der Waals surface area contributed by atoms with E-state index in [0.29, 0.717) is 0 Å². The SMILES string of the molecule is CC(C)(C)OC(=O)N1CCC(O)(c2cccc(F)c2F)C1.Fc1cccc(Br)c1F. The average Bonchev–Trinajstić information content (AvgIpc) is 3.04. The summed E-state index contributed by atoms with van der Waals surface area (Å²) in [6, 6.07) is 7.60. The van der Waals surface area contributed by atoms with Crippen molar-refractivity contribution in [3.63, 3.8) is 0 Å². The van der Waals surface area contributed by atoms with Gasteiger partial charge in [-0.25, -0.2) is 22.4 Å². The monoisotopic (exact) mass is 491 g/mol. The minimum atomic E-state index is -1.59. The molecule has 1 saturated heterocycles. The van der Waals surface area contributed by atoms with Crippen LogP contribution in [0.2, 0.25) is 0 Å². The molecule has 1 aliphatic rings. The Morgan fingerprint density at radius 1 is 1.07 bits per heavy atom. The second-order valence-electron chi connectivity index (χ2n) is 7.82. The van der Waals surface area contributed by atoms with Crippen molar-refractivity contribution >= 4 is 22.0 Å². The average molecular weight is 492 g/mol. The van der Waals surface area contributed by atoms with Crippen molar-refractivity contribution in [2.75, 3.05) is 13.1 Å². The highest BCUT2D eigenvalue weighted by Gasteiger charge is 2.43. The van der Waals surface area contributed by atoms with Crippen LogP contribution in [0, 0.1) is 23.3 Å². The van der Waals surface area contributed by atoms with E-state index in [1.807, 2.05) is 0 Å². The summed E-state index contributed by atoms with van der Waals surface area (Å²) >= 11 is 2.83. The highest BCUT2D eigenvalue weighted by Crippen LogP contribution is 2.34.